The van der Waals surface area contributed by atoms with Gasteiger partial charge in [0.25, 0.3) is 0 Å². The summed E-state index contributed by atoms with van der Waals surface area (Å²) in [7, 11) is 0. The van der Waals surface area contributed by atoms with E-state index in [2.05, 4.69) is 41.0 Å². The Hall–Kier alpha value is -2.70. The lowest BCUT2D eigenvalue weighted by molar-refractivity contribution is 0.0690. The molecule has 2 aromatic heterocycles. The van der Waals surface area contributed by atoms with Crippen LogP contribution in [0.3, 0.4) is 0 Å². The van der Waals surface area contributed by atoms with Gasteiger partial charge in [-0.2, -0.15) is 0 Å². The normalized spacial score (nSPS) is 11.1. The van der Waals surface area contributed by atoms with Gasteiger partial charge in [0.15, 0.2) is 5.69 Å². The highest BCUT2D eigenvalue weighted by molar-refractivity contribution is 5.84. The highest BCUT2D eigenvalue weighted by Gasteiger charge is 2.11. The van der Waals surface area contributed by atoms with Gasteiger partial charge >= 0.3 is 5.97 Å². The number of carbonyl (C=O) groups is 1. The van der Waals surface area contributed by atoms with Gasteiger partial charge in [-0.3, -0.25) is 4.98 Å². The quantitative estimate of drug-likeness (QED) is 0.805. The van der Waals surface area contributed by atoms with Crippen molar-refractivity contribution in [1.82, 2.24) is 15.0 Å². The predicted molar refractivity (Wildman–Crippen MR) is 90.1 cm³/mol. The van der Waals surface area contributed by atoms with E-state index in [-0.39, 0.29) is 11.1 Å². The van der Waals surface area contributed by atoms with Crippen LogP contribution < -0.4 is 10.1 Å². The highest BCUT2D eigenvalue weighted by Crippen LogP contribution is 2.22. The van der Waals surface area contributed by atoms with Crippen LogP contribution in [0.1, 0.15) is 43.2 Å². The number of hydrogen-bond donors (Lipinski definition) is 2. The Morgan fingerprint density at radius 3 is 2.67 bits per heavy atom. The second-order valence-electron chi connectivity index (χ2n) is 6.59. The Bertz CT molecular complexity index is 681. The van der Waals surface area contributed by atoms with Crippen LogP contribution >= 0.6 is 0 Å². The van der Waals surface area contributed by atoms with Gasteiger partial charge in [-0.25, -0.2) is 14.8 Å². The summed E-state index contributed by atoms with van der Waals surface area (Å²) in [5.74, 6) is 0.125. The molecule has 0 spiro atoms. The van der Waals surface area contributed by atoms with E-state index in [0.717, 1.165) is 17.7 Å². The zero-order valence-corrected chi connectivity index (χ0v) is 14.1. The number of aromatic carboxylic acids is 1. The third-order valence-corrected chi connectivity index (χ3v) is 3.31. The molecule has 0 atom stereocenters. The maximum absolute atomic E-state index is 10.8. The minimum absolute atomic E-state index is 0.0873. The molecule has 0 aliphatic heterocycles. The molecule has 0 bridgehead atoms. The van der Waals surface area contributed by atoms with Crippen LogP contribution in [0.15, 0.2) is 30.9 Å². The summed E-state index contributed by atoms with van der Waals surface area (Å²) in [5, 5.41) is 11.9. The highest BCUT2D eigenvalue weighted by atomic mass is 16.5. The van der Waals surface area contributed by atoms with E-state index in [1.165, 1.54) is 12.4 Å². The van der Waals surface area contributed by atoms with E-state index in [9.17, 15) is 4.79 Å². The van der Waals surface area contributed by atoms with Gasteiger partial charge < -0.3 is 15.2 Å². The van der Waals surface area contributed by atoms with Crippen LogP contribution in [-0.2, 0) is 6.54 Å². The molecule has 24 heavy (non-hydrogen) atoms. The number of aromatic nitrogens is 3. The Labute approximate surface area is 141 Å². The van der Waals surface area contributed by atoms with Gasteiger partial charge in [-0.1, -0.05) is 20.8 Å². The number of nitrogens with one attached hydrogen (secondary N) is 1. The average Bonchev–Trinajstić information content (AvgIpc) is 2.53. The zero-order chi connectivity index (χ0) is 17.6. The molecule has 0 aliphatic rings. The maximum atomic E-state index is 10.8. The third kappa shape index (κ3) is 5.49. The van der Waals surface area contributed by atoms with E-state index in [4.69, 9.17) is 9.84 Å². The topological polar surface area (TPSA) is 97.2 Å². The van der Waals surface area contributed by atoms with Gasteiger partial charge in [0, 0.05) is 18.3 Å². The lowest BCUT2D eigenvalue weighted by Crippen LogP contribution is -2.12. The van der Waals surface area contributed by atoms with Gasteiger partial charge in [0.2, 0.25) is 0 Å². The molecule has 0 aliphatic carbocycles. The Morgan fingerprint density at radius 1 is 1.25 bits per heavy atom. The Morgan fingerprint density at radius 2 is 2.04 bits per heavy atom. The number of anilines is 1. The van der Waals surface area contributed by atoms with Gasteiger partial charge in [-0.15, -0.1) is 0 Å². The maximum Gasteiger partial charge on any atom is 0.356 e. The van der Waals surface area contributed by atoms with Crippen molar-refractivity contribution in [2.75, 3.05) is 11.9 Å². The number of pyridine rings is 1. The van der Waals surface area contributed by atoms with Crippen molar-refractivity contribution < 1.29 is 14.6 Å². The summed E-state index contributed by atoms with van der Waals surface area (Å²) in [6.45, 7) is 7.61. The summed E-state index contributed by atoms with van der Waals surface area (Å²) < 4.78 is 5.84. The Kier molecular flexibility index (Phi) is 5.68. The third-order valence-electron chi connectivity index (χ3n) is 3.31. The number of ether oxygens (including phenoxy) is 1. The van der Waals surface area contributed by atoms with E-state index < -0.39 is 5.97 Å². The van der Waals surface area contributed by atoms with Gasteiger partial charge in [0.1, 0.15) is 11.6 Å². The average molecular weight is 330 g/mol. The minimum atomic E-state index is -1.10. The smallest absolute Gasteiger partial charge is 0.356 e. The minimum Gasteiger partial charge on any atom is -0.492 e. The zero-order valence-electron chi connectivity index (χ0n) is 14.1. The molecule has 0 saturated carbocycles. The number of nitrogens with zero attached hydrogens (tertiary/aromatic N) is 3. The molecule has 7 heteroatoms. The molecule has 0 fully saturated rings. The predicted octanol–water partition coefficient (Wildman–Crippen LogP) is 3.00. The molecule has 0 amide bonds. The molecule has 2 rings (SSSR count). The number of carboxylic acid groups (broad SMARTS) is 1. The number of hydrogen-bond acceptors (Lipinski definition) is 6. The lowest BCUT2D eigenvalue weighted by atomic mass is 9.93. The molecule has 2 N–H and O–H groups in total. The molecule has 0 radical (unpaired) electrons. The molecule has 0 unspecified atom stereocenters. The SMILES string of the molecule is CC(C)(C)CCOc1cnccc1CNc1cnc(C(=O)O)cn1. The fourth-order valence-corrected chi connectivity index (χ4v) is 1.87. The van der Waals surface area contributed by atoms with Crippen LogP contribution in [0.2, 0.25) is 0 Å². The van der Waals surface area contributed by atoms with E-state index in [1.54, 1.807) is 12.4 Å². The molecular formula is C17H22N4O3. The second kappa shape index (κ2) is 7.72. The van der Waals surface area contributed by atoms with Crippen molar-refractivity contribution >= 4 is 11.8 Å². The first kappa shape index (κ1) is 17.7. The van der Waals surface area contributed by atoms with Gasteiger partial charge in [-0.05, 0) is 17.9 Å². The van der Waals surface area contributed by atoms with Crippen molar-refractivity contribution in [2.45, 2.75) is 33.7 Å². The summed E-state index contributed by atoms with van der Waals surface area (Å²) in [6.07, 6.45) is 6.95. The first-order valence-corrected chi connectivity index (χ1v) is 7.70. The van der Waals surface area contributed by atoms with Crippen molar-refractivity contribution in [3.05, 3.63) is 42.1 Å². The van der Waals surface area contributed by atoms with Crippen LogP contribution in [0.4, 0.5) is 5.82 Å². The molecule has 0 aromatic carbocycles. The summed E-state index contributed by atoms with van der Waals surface area (Å²) >= 11 is 0. The largest absolute Gasteiger partial charge is 0.492 e. The summed E-state index contributed by atoms with van der Waals surface area (Å²) in [6, 6.07) is 1.87. The number of carboxylic acids is 1. The van der Waals surface area contributed by atoms with Gasteiger partial charge in [0.05, 0.1) is 25.2 Å². The Balaban J connectivity index is 1.95. The fourth-order valence-electron chi connectivity index (χ4n) is 1.87. The molecule has 2 heterocycles. The molecule has 128 valence electrons. The fraction of sp³-hybridized carbons (Fsp3) is 0.412. The van der Waals surface area contributed by atoms with E-state index in [1.807, 2.05) is 6.07 Å². The van der Waals surface area contributed by atoms with Crippen LogP contribution in [0, 0.1) is 5.41 Å². The lowest BCUT2D eigenvalue weighted by Gasteiger charge is -2.19. The van der Waals surface area contributed by atoms with Crippen molar-refractivity contribution in [3.63, 3.8) is 0 Å². The van der Waals surface area contributed by atoms with E-state index >= 15 is 0 Å². The van der Waals surface area contributed by atoms with Crippen molar-refractivity contribution in [2.24, 2.45) is 5.41 Å². The monoisotopic (exact) mass is 330 g/mol. The van der Waals surface area contributed by atoms with Crippen LogP contribution in [0.5, 0.6) is 5.75 Å². The first-order chi connectivity index (χ1) is 11.3. The summed E-state index contributed by atoms with van der Waals surface area (Å²) in [5.41, 5.74) is 1.07. The standard InChI is InChI=1S/C17H22N4O3/c1-17(2,3)5-7-24-14-10-18-6-4-12(14)8-20-15-11-19-13(9-21-15)16(22)23/h4,6,9-11H,5,7-8H2,1-3H3,(H,20,21)(H,22,23). The number of rotatable bonds is 7. The van der Waals surface area contributed by atoms with Crippen LogP contribution in [-0.4, -0.2) is 32.6 Å². The van der Waals surface area contributed by atoms with Crippen LogP contribution in [0.25, 0.3) is 0 Å². The molecular weight excluding hydrogens is 308 g/mol. The van der Waals surface area contributed by atoms with Crippen molar-refractivity contribution in [1.29, 1.82) is 0 Å². The summed E-state index contributed by atoms with van der Waals surface area (Å²) in [4.78, 5) is 22.7. The molecule has 7 nitrogen and oxygen atoms in total. The first-order valence-electron chi connectivity index (χ1n) is 7.70. The molecule has 0 saturated heterocycles. The second-order valence-corrected chi connectivity index (χ2v) is 6.59. The van der Waals surface area contributed by atoms with Crippen molar-refractivity contribution in [3.8, 4) is 5.75 Å². The molecule has 2 aromatic rings. The van der Waals surface area contributed by atoms with E-state index in [0.29, 0.717) is 19.0 Å².